The highest BCUT2D eigenvalue weighted by Crippen LogP contribution is 2.39. The number of benzene rings is 1. The summed E-state index contributed by atoms with van der Waals surface area (Å²) in [5.41, 5.74) is -2.10. The number of morpholine rings is 1. The lowest BCUT2D eigenvalue weighted by molar-refractivity contribution is -0.385. The summed E-state index contributed by atoms with van der Waals surface area (Å²) >= 11 is 0. The van der Waals surface area contributed by atoms with E-state index in [2.05, 4.69) is 14.7 Å². The monoisotopic (exact) mass is 507 g/mol. The molecule has 0 N–H and O–H groups in total. The maximum atomic E-state index is 14.2. The average Bonchev–Trinajstić information content (AvgIpc) is 2.72. The molecule has 0 spiro atoms. The Bertz CT molecular complexity index is 1280. The second-order valence-corrected chi connectivity index (χ2v) is 9.06. The second-order valence-electron chi connectivity index (χ2n) is 7.06. The minimum atomic E-state index is -5.03. The van der Waals surface area contributed by atoms with Crippen molar-refractivity contribution in [1.29, 1.82) is 5.26 Å². The lowest BCUT2D eigenvalue weighted by Gasteiger charge is -2.34. The Morgan fingerprint density at radius 2 is 2.00 bits per heavy atom. The molecule has 16 heteroatoms. The third kappa shape index (κ3) is 4.75. The molecule has 3 rings (SSSR count). The molecular weight excluding hydrogens is 493 g/mol. The van der Waals surface area contributed by atoms with Crippen LogP contribution in [0.15, 0.2) is 23.1 Å². The van der Waals surface area contributed by atoms with Gasteiger partial charge in [0.25, 0.3) is 0 Å². The number of nitro groups is 1. The van der Waals surface area contributed by atoms with Crippen LogP contribution in [-0.2, 0) is 14.6 Å². The molecule has 182 valence electrons. The molecule has 1 aliphatic rings. The molecule has 0 saturated carbocycles. The van der Waals surface area contributed by atoms with E-state index in [1.807, 2.05) is 0 Å². The van der Waals surface area contributed by atoms with E-state index in [0.717, 1.165) is 4.90 Å². The zero-order chi connectivity index (χ0) is 25.4. The van der Waals surface area contributed by atoms with Crippen molar-refractivity contribution >= 4 is 21.3 Å². The lowest BCUT2D eigenvalue weighted by Crippen LogP contribution is -2.49. The smallest absolute Gasteiger partial charge is 0.365 e. The summed E-state index contributed by atoms with van der Waals surface area (Å²) in [6.07, 6.45) is -7.10. The number of anilines is 1. The summed E-state index contributed by atoms with van der Waals surface area (Å²) in [5, 5.41) is 19.0. The van der Waals surface area contributed by atoms with Crippen LogP contribution in [0.5, 0.6) is 0 Å². The normalized spacial score (nSPS) is 17.8. The molecule has 2 atom stereocenters. The van der Waals surface area contributed by atoms with Gasteiger partial charge in [0.05, 0.1) is 24.1 Å². The molecular formula is C18H14F5N5O5S. The van der Waals surface area contributed by atoms with Gasteiger partial charge in [0.2, 0.25) is 20.9 Å². The third-order valence-corrected chi connectivity index (χ3v) is 6.69. The molecule has 34 heavy (non-hydrogen) atoms. The maximum absolute atomic E-state index is 14.2. The number of sulfone groups is 1. The summed E-state index contributed by atoms with van der Waals surface area (Å²) in [4.78, 5) is 18.0. The van der Waals surface area contributed by atoms with Crippen LogP contribution in [0.25, 0.3) is 0 Å². The fourth-order valence-corrected chi connectivity index (χ4v) is 4.74. The molecule has 0 amide bonds. The molecule has 0 radical (unpaired) electrons. The van der Waals surface area contributed by atoms with Crippen LogP contribution in [0.4, 0.5) is 33.5 Å². The zero-order valence-electron chi connectivity index (χ0n) is 17.1. The standard InChI is InChI=1S/C18H14F5N5O5S/c1-9-25-15(13(7-24)34(31,32)12-3-2-10(19)6-11(12)20)16(28(29)30)17(26-9)27-4-5-33-14(8-27)18(21,22)23/h2-3,6,13-14H,4-5,8H2,1H3/t13?,14-/m1/s1. The van der Waals surface area contributed by atoms with E-state index in [4.69, 9.17) is 0 Å². The number of aromatic nitrogens is 2. The Morgan fingerprint density at radius 3 is 2.56 bits per heavy atom. The van der Waals surface area contributed by atoms with Crippen LogP contribution in [0.3, 0.4) is 0 Å². The number of nitrogens with zero attached hydrogens (tertiary/aromatic N) is 5. The van der Waals surface area contributed by atoms with Gasteiger partial charge in [-0.05, 0) is 19.1 Å². The molecule has 1 saturated heterocycles. The molecule has 2 heterocycles. The van der Waals surface area contributed by atoms with Crippen molar-refractivity contribution < 1.29 is 40.0 Å². The quantitative estimate of drug-likeness (QED) is 0.259. The van der Waals surface area contributed by atoms with Gasteiger partial charge in [0, 0.05) is 12.6 Å². The molecule has 1 aromatic carbocycles. The van der Waals surface area contributed by atoms with Crippen LogP contribution in [0, 0.1) is 40.0 Å². The van der Waals surface area contributed by atoms with E-state index in [0.29, 0.717) is 12.1 Å². The molecule has 1 aromatic heterocycles. The number of rotatable bonds is 5. The molecule has 2 aromatic rings. The lowest BCUT2D eigenvalue weighted by atomic mass is 10.2. The minimum absolute atomic E-state index is 0.247. The van der Waals surface area contributed by atoms with Gasteiger partial charge in [-0.25, -0.2) is 27.2 Å². The van der Waals surface area contributed by atoms with Crippen LogP contribution in [0.2, 0.25) is 0 Å². The fourth-order valence-electron chi connectivity index (χ4n) is 3.30. The fraction of sp³-hybridized carbons (Fsp3) is 0.389. The Kier molecular flexibility index (Phi) is 6.71. The highest BCUT2D eigenvalue weighted by Gasteiger charge is 2.46. The van der Waals surface area contributed by atoms with Crippen LogP contribution < -0.4 is 4.90 Å². The average molecular weight is 507 g/mol. The van der Waals surface area contributed by atoms with Gasteiger partial charge in [-0.2, -0.15) is 18.4 Å². The van der Waals surface area contributed by atoms with Crippen LogP contribution >= 0.6 is 0 Å². The van der Waals surface area contributed by atoms with Crippen molar-refractivity contribution in [3.63, 3.8) is 0 Å². The first-order chi connectivity index (χ1) is 15.8. The zero-order valence-corrected chi connectivity index (χ0v) is 17.9. The highest BCUT2D eigenvalue weighted by molar-refractivity contribution is 7.92. The Morgan fingerprint density at radius 1 is 1.32 bits per heavy atom. The maximum Gasteiger partial charge on any atom is 0.416 e. The van der Waals surface area contributed by atoms with E-state index in [9.17, 15) is 45.7 Å². The topological polar surface area (TPSA) is 139 Å². The van der Waals surface area contributed by atoms with Crippen molar-refractivity contribution in [2.75, 3.05) is 24.6 Å². The number of nitriles is 1. The van der Waals surface area contributed by atoms with E-state index in [1.165, 1.54) is 13.0 Å². The van der Waals surface area contributed by atoms with Gasteiger partial charge in [-0.3, -0.25) is 10.1 Å². The van der Waals surface area contributed by atoms with E-state index < -0.39 is 79.2 Å². The molecule has 1 unspecified atom stereocenters. The number of hydrogen-bond donors (Lipinski definition) is 0. The molecule has 1 fully saturated rings. The van der Waals surface area contributed by atoms with Gasteiger partial charge >= 0.3 is 11.9 Å². The number of alkyl halides is 3. The first-order valence-corrected chi connectivity index (χ1v) is 10.9. The van der Waals surface area contributed by atoms with Crippen LogP contribution in [-0.4, -0.2) is 55.3 Å². The van der Waals surface area contributed by atoms with Gasteiger partial charge in [0.15, 0.2) is 11.8 Å². The number of ether oxygens (including phenoxy) is 1. The SMILES string of the molecule is Cc1nc(C(C#N)S(=O)(=O)c2ccc(F)cc2F)c([N+](=O)[O-])c(N2CCO[C@@H](C(F)(F)F)C2)n1. The van der Waals surface area contributed by atoms with Gasteiger partial charge in [-0.15, -0.1) is 0 Å². The number of hydrogen-bond acceptors (Lipinski definition) is 9. The van der Waals surface area contributed by atoms with E-state index >= 15 is 0 Å². The van der Waals surface area contributed by atoms with E-state index in [1.54, 1.807) is 0 Å². The van der Waals surface area contributed by atoms with Crippen molar-refractivity contribution in [3.05, 3.63) is 51.5 Å². The Labute approximate surface area is 188 Å². The van der Waals surface area contributed by atoms with Crippen molar-refractivity contribution in [1.82, 2.24) is 9.97 Å². The molecule has 10 nitrogen and oxygen atoms in total. The summed E-state index contributed by atoms with van der Waals surface area (Å²) in [6.45, 7) is -0.449. The first kappa shape index (κ1) is 25.2. The third-order valence-electron chi connectivity index (χ3n) is 4.79. The molecule has 1 aliphatic heterocycles. The summed E-state index contributed by atoms with van der Waals surface area (Å²) in [5.74, 6) is -3.60. The summed E-state index contributed by atoms with van der Waals surface area (Å²) < 4.78 is 97.5. The van der Waals surface area contributed by atoms with Crippen LogP contribution in [0.1, 0.15) is 16.8 Å². The molecule has 0 aliphatic carbocycles. The van der Waals surface area contributed by atoms with Gasteiger partial charge in [-0.1, -0.05) is 0 Å². The Balaban J connectivity index is 2.19. The number of halogens is 5. The van der Waals surface area contributed by atoms with E-state index in [-0.39, 0.29) is 18.4 Å². The van der Waals surface area contributed by atoms with Crippen molar-refractivity contribution in [3.8, 4) is 6.07 Å². The number of aryl methyl sites for hydroxylation is 1. The molecule has 0 bridgehead atoms. The van der Waals surface area contributed by atoms with Gasteiger partial charge in [0.1, 0.15) is 22.4 Å². The summed E-state index contributed by atoms with van der Waals surface area (Å²) in [6, 6.07) is 2.72. The minimum Gasteiger partial charge on any atom is -0.365 e. The van der Waals surface area contributed by atoms with Crippen molar-refractivity contribution in [2.24, 2.45) is 0 Å². The predicted molar refractivity (Wildman–Crippen MR) is 103 cm³/mol. The Hall–Kier alpha value is -3.45. The van der Waals surface area contributed by atoms with Crippen molar-refractivity contribution in [2.45, 2.75) is 29.3 Å². The summed E-state index contributed by atoms with van der Waals surface area (Å²) in [7, 11) is -5.03. The second kappa shape index (κ2) is 9.06. The predicted octanol–water partition coefficient (Wildman–Crippen LogP) is 2.78. The van der Waals surface area contributed by atoms with Gasteiger partial charge < -0.3 is 9.64 Å². The highest BCUT2D eigenvalue weighted by atomic mass is 32.2. The largest absolute Gasteiger partial charge is 0.416 e. The first-order valence-electron chi connectivity index (χ1n) is 9.32.